The Bertz CT molecular complexity index is 630. The molecule has 0 amide bonds. The number of benzene rings is 1. The Hall–Kier alpha value is -2.23. The summed E-state index contributed by atoms with van der Waals surface area (Å²) in [6.07, 6.45) is 1.86. The molecule has 0 fully saturated rings. The summed E-state index contributed by atoms with van der Waals surface area (Å²) in [5.41, 5.74) is 0.499. The molecule has 1 heterocycles. The molecular weight excluding hydrogens is 240 g/mol. The van der Waals surface area contributed by atoms with Gasteiger partial charge in [-0.15, -0.1) is 0 Å². The molecule has 0 saturated carbocycles. The van der Waals surface area contributed by atoms with E-state index in [1.807, 2.05) is 32.0 Å². The van der Waals surface area contributed by atoms with Crippen molar-refractivity contribution in [1.82, 2.24) is 9.78 Å². The van der Waals surface area contributed by atoms with Crippen LogP contribution in [0.2, 0.25) is 0 Å². The van der Waals surface area contributed by atoms with E-state index in [2.05, 4.69) is 5.10 Å². The van der Waals surface area contributed by atoms with Crippen LogP contribution in [0.15, 0.2) is 47.4 Å². The van der Waals surface area contributed by atoms with Crippen molar-refractivity contribution in [2.75, 3.05) is 0 Å². The molecule has 19 heavy (non-hydrogen) atoms. The van der Waals surface area contributed by atoms with E-state index in [1.54, 1.807) is 12.1 Å². The maximum Gasteiger partial charge on any atom is 0.282 e. The van der Waals surface area contributed by atoms with Gasteiger partial charge in [-0.25, -0.2) is 0 Å². The molecule has 0 spiro atoms. The van der Waals surface area contributed by atoms with Gasteiger partial charge in [0.2, 0.25) is 0 Å². The fourth-order valence-electron chi connectivity index (χ4n) is 1.86. The van der Waals surface area contributed by atoms with Crippen molar-refractivity contribution < 1.29 is 4.79 Å². The van der Waals surface area contributed by atoms with Crippen LogP contribution in [-0.4, -0.2) is 15.6 Å². The van der Waals surface area contributed by atoms with E-state index in [4.69, 9.17) is 0 Å². The molecule has 0 radical (unpaired) electrons. The topological polar surface area (TPSA) is 52.0 Å². The van der Waals surface area contributed by atoms with E-state index >= 15 is 0 Å². The van der Waals surface area contributed by atoms with Gasteiger partial charge in [0.05, 0.1) is 11.3 Å². The predicted molar refractivity (Wildman–Crippen MR) is 73.6 cm³/mol. The summed E-state index contributed by atoms with van der Waals surface area (Å²) in [7, 11) is 0. The Kier molecular flexibility index (Phi) is 3.90. The standard InChI is InChI=1S/C15H16N2O2/c1-11(2)10-14(18)13-8-9-16-17(15(13)19)12-6-4-3-5-7-12/h3-9,11H,10H2,1-2H3. The van der Waals surface area contributed by atoms with E-state index in [0.717, 1.165) is 0 Å². The average molecular weight is 256 g/mol. The summed E-state index contributed by atoms with van der Waals surface area (Å²) in [4.78, 5) is 24.3. The number of carbonyl (C=O) groups is 1. The van der Waals surface area contributed by atoms with E-state index in [1.165, 1.54) is 16.9 Å². The van der Waals surface area contributed by atoms with Crippen molar-refractivity contribution in [3.63, 3.8) is 0 Å². The highest BCUT2D eigenvalue weighted by Gasteiger charge is 2.14. The summed E-state index contributed by atoms with van der Waals surface area (Å²) in [5.74, 6) is 0.0947. The summed E-state index contributed by atoms with van der Waals surface area (Å²) >= 11 is 0. The fraction of sp³-hybridized carbons (Fsp3) is 0.267. The Balaban J connectivity index is 2.45. The van der Waals surface area contributed by atoms with Crippen LogP contribution in [0.3, 0.4) is 0 Å². The summed E-state index contributed by atoms with van der Waals surface area (Å²) in [6.45, 7) is 3.91. The Morgan fingerprint density at radius 2 is 1.89 bits per heavy atom. The highest BCUT2D eigenvalue weighted by Crippen LogP contribution is 2.07. The first-order valence-corrected chi connectivity index (χ1v) is 6.26. The van der Waals surface area contributed by atoms with Crippen LogP contribution in [-0.2, 0) is 0 Å². The maximum atomic E-state index is 12.3. The fourth-order valence-corrected chi connectivity index (χ4v) is 1.86. The molecule has 4 heteroatoms. The van der Waals surface area contributed by atoms with Crippen molar-refractivity contribution in [3.8, 4) is 5.69 Å². The van der Waals surface area contributed by atoms with Gasteiger partial charge in [-0.2, -0.15) is 9.78 Å². The molecule has 4 nitrogen and oxygen atoms in total. The molecule has 2 aromatic rings. The van der Waals surface area contributed by atoms with E-state index in [0.29, 0.717) is 12.1 Å². The monoisotopic (exact) mass is 256 g/mol. The van der Waals surface area contributed by atoms with Crippen molar-refractivity contribution in [2.24, 2.45) is 5.92 Å². The summed E-state index contributed by atoms with van der Waals surface area (Å²) in [5, 5.41) is 4.02. The largest absolute Gasteiger partial charge is 0.294 e. The number of rotatable bonds is 4. The van der Waals surface area contributed by atoms with Crippen LogP contribution in [0.4, 0.5) is 0 Å². The number of aromatic nitrogens is 2. The highest BCUT2D eigenvalue weighted by molar-refractivity contribution is 5.95. The molecule has 1 aromatic carbocycles. The van der Waals surface area contributed by atoms with Gasteiger partial charge in [-0.05, 0) is 24.1 Å². The van der Waals surface area contributed by atoms with E-state index < -0.39 is 0 Å². The third-order valence-corrected chi connectivity index (χ3v) is 2.74. The molecule has 0 unspecified atom stereocenters. The van der Waals surface area contributed by atoms with Gasteiger partial charge in [0.15, 0.2) is 5.78 Å². The molecule has 0 atom stereocenters. The molecule has 0 aliphatic rings. The lowest BCUT2D eigenvalue weighted by molar-refractivity contribution is 0.0965. The zero-order valence-electron chi connectivity index (χ0n) is 11.0. The normalized spacial score (nSPS) is 10.7. The molecule has 0 aliphatic carbocycles. The number of hydrogen-bond acceptors (Lipinski definition) is 3. The third kappa shape index (κ3) is 2.96. The zero-order chi connectivity index (χ0) is 13.8. The van der Waals surface area contributed by atoms with Gasteiger partial charge >= 0.3 is 0 Å². The molecule has 1 aromatic heterocycles. The van der Waals surface area contributed by atoms with Gasteiger partial charge in [0.25, 0.3) is 5.56 Å². The van der Waals surface area contributed by atoms with Crippen LogP contribution in [0.5, 0.6) is 0 Å². The van der Waals surface area contributed by atoms with Crippen LogP contribution in [0.1, 0.15) is 30.6 Å². The molecule has 98 valence electrons. The second-order valence-corrected chi connectivity index (χ2v) is 4.82. The molecule has 0 aliphatic heterocycles. The number of Topliss-reactive ketones (excluding diaryl/α,β-unsaturated/α-hetero) is 1. The summed E-state index contributed by atoms with van der Waals surface area (Å²) < 4.78 is 1.26. The maximum absolute atomic E-state index is 12.3. The molecular formula is C15H16N2O2. The quantitative estimate of drug-likeness (QED) is 0.789. The number of ketones is 1. The smallest absolute Gasteiger partial charge is 0.282 e. The second-order valence-electron chi connectivity index (χ2n) is 4.82. The first-order valence-electron chi connectivity index (χ1n) is 6.26. The number of hydrogen-bond donors (Lipinski definition) is 0. The lowest BCUT2D eigenvalue weighted by atomic mass is 10.0. The van der Waals surface area contributed by atoms with Gasteiger partial charge in [0, 0.05) is 12.6 Å². The molecule has 0 N–H and O–H groups in total. The van der Waals surface area contributed by atoms with E-state index in [-0.39, 0.29) is 22.8 Å². The average Bonchev–Trinajstić information content (AvgIpc) is 2.39. The minimum atomic E-state index is -0.362. The minimum Gasteiger partial charge on any atom is -0.294 e. The second kappa shape index (κ2) is 5.61. The van der Waals surface area contributed by atoms with Crippen molar-refractivity contribution >= 4 is 5.78 Å². The minimum absolute atomic E-state index is 0.132. The molecule has 0 bridgehead atoms. The van der Waals surface area contributed by atoms with Crippen LogP contribution < -0.4 is 5.56 Å². The van der Waals surface area contributed by atoms with Crippen LogP contribution in [0, 0.1) is 5.92 Å². The van der Waals surface area contributed by atoms with Gasteiger partial charge in [-0.3, -0.25) is 9.59 Å². The number of para-hydroxylation sites is 1. The third-order valence-electron chi connectivity index (χ3n) is 2.74. The lowest BCUT2D eigenvalue weighted by Gasteiger charge is -2.07. The SMILES string of the molecule is CC(C)CC(=O)c1ccnn(-c2ccccc2)c1=O. The Morgan fingerprint density at radius 1 is 1.21 bits per heavy atom. The first-order chi connectivity index (χ1) is 9.09. The van der Waals surface area contributed by atoms with Crippen molar-refractivity contribution in [1.29, 1.82) is 0 Å². The number of carbonyl (C=O) groups excluding carboxylic acids is 1. The van der Waals surface area contributed by atoms with Crippen molar-refractivity contribution in [2.45, 2.75) is 20.3 Å². The van der Waals surface area contributed by atoms with Crippen molar-refractivity contribution in [3.05, 3.63) is 58.5 Å². The van der Waals surface area contributed by atoms with Gasteiger partial charge < -0.3 is 0 Å². The highest BCUT2D eigenvalue weighted by atomic mass is 16.1. The zero-order valence-corrected chi connectivity index (χ0v) is 11.0. The number of nitrogens with zero attached hydrogens (tertiary/aromatic N) is 2. The van der Waals surface area contributed by atoms with Gasteiger partial charge in [0.1, 0.15) is 0 Å². The molecule has 2 rings (SSSR count). The Labute approximate surface area is 111 Å². The first kappa shape index (κ1) is 13.2. The predicted octanol–water partition coefficient (Wildman–Crippen LogP) is 2.46. The summed E-state index contributed by atoms with van der Waals surface area (Å²) in [6, 6.07) is 10.6. The lowest BCUT2D eigenvalue weighted by Crippen LogP contribution is -2.27. The van der Waals surface area contributed by atoms with Crippen LogP contribution >= 0.6 is 0 Å². The van der Waals surface area contributed by atoms with Crippen LogP contribution in [0.25, 0.3) is 5.69 Å². The Morgan fingerprint density at radius 3 is 2.53 bits per heavy atom. The molecule has 0 saturated heterocycles. The van der Waals surface area contributed by atoms with Gasteiger partial charge in [-0.1, -0.05) is 32.0 Å². The van der Waals surface area contributed by atoms with E-state index in [9.17, 15) is 9.59 Å².